The first kappa shape index (κ1) is 34.6. The minimum absolute atomic E-state index is 0.395. The van der Waals surface area contributed by atoms with Crippen LogP contribution in [-0.4, -0.2) is 38.6 Å². The first-order chi connectivity index (χ1) is 24.7. The van der Waals surface area contributed by atoms with Crippen molar-refractivity contribution < 1.29 is 9.59 Å². The summed E-state index contributed by atoms with van der Waals surface area (Å²) in [6.45, 7) is 4.45. The molecule has 10 rings (SSSR count). The van der Waals surface area contributed by atoms with Gasteiger partial charge in [0.2, 0.25) is 0 Å². The smallest absolute Gasteiger partial charge is 0.260 e. The molecule has 2 saturated carbocycles. The lowest BCUT2D eigenvalue weighted by atomic mass is 10.0. The van der Waals surface area contributed by atoms with Crippen molar-refractivity contribution in [2.24, 2.45) is 23.3 Å². The number of nitrogens with zero attached hydrogens (tertiary/aromatic N) is 3. The van der Waals surface area contributed by atoms with E-state index < -0.39 is 11.8 Å². The maximum Gasteiger partial charge on any atom is 0.260 e. The summed E-state index contributed by atoms with van der Waals surface area (Å²) in [4.78, 5) is 40.0. The van der Waals surface area contributed by atoms with Gasteiger partial charge in [-0.1, -0.05) is 28.1 Å². The predicted molar refractivity (Wildman–Crippen MR) is 216 cm³/mol. The largest absolute Gasteiger partial charge is 0.397 e. The van der Waals surface area contributed by atoms with Crippen LogP contribution < -0.4 is 28.3 Å². The van der Waals surface area contributed by atoms with E-state index >= 15 is 0 Å². The van der Waals surface area contributed by atoms with Crippen LogP contribution in [-0.2, 0) is 26.2 Å². The molecule has 0 saturated heterocycles. The van der Waals surface area contributed by atoms with Crippen LogP contribution in [0, 0.1) is 11.8 Å². The number of carbonyl (C=O) groups excluding carboxylic acids is 2. The molecule has 10 nitrogen and oxygen atoms in total. The second-order valence-corrected chi connectivity index (χ2v) is 17.9. The first-order valence-electron chi connectivity index (χ1n) is 16.9. The van der Waals surface area contributed by atoms with Crippen LogP contribution in [0.3, 0.4) is 0 Å². The molecule has 264 valence electrons. The quantitative estimate of drug-likeness (QED) is 0.103. The van der Waals surface area contributed by atoms with Gasteiger partial charge in [-0.15, -0.1) is 45.3 Å². The summed E-state index contributed by atoms with van der Waals surface area (Å²) >= 11 is 9.32. The van der Waals surface area contributed by atoms with E-state index in [9.17, 15) is 9.59 Å². The molecule has 0 unspecified atom stereocenters. The van der Waals surface area contributed by atoms with Gasteiger partial charge in [0.25, 0.3) is 11.8 Å². The Morgan fingerprint density at radius 1 is 0.784 bits per heavy atom. The van der Waals surface area contributed by atoms with Gasteiger partial charge in [-0.2, -0.15) is 0 Å². The number of fused-ring (bicyclic) bond motifs is 4. The van der Waals surface area contributed by atoms with E-state index in [-0.39, 0.29) is 0 Å². The number of nitrogens with one attached hydrogen (secondary N) is 1. The molecule has 6 aromatic heterocycles. The van der Waals surface area contributed by atoms with Crippen LogP contribution in [0.1, 0.15) is 67.5 Å². The fourth-order valence-corrected chi connectivity index (χ4v) is 10.9. The van der Waals surface area contributed by atoms with Crippen molar-refractivity contribution in [2.75, 3.05) is 23.3 Å². The van der Waals surface area contributed by atoms with Crippen molar-refractivity contribution in [3.05, 3.63) is 67.3 Å². The molecule has 2 aliphatic carbocycles. The molecule has 4 aliphatic rings. The molecular weight excluding hydrogens is 785 g/mol. The van der Waals surface area contributed by atoms with Gasteiger partial charge in [-0.3, -0.25) is 14.5 Å². The van der Waals surface area contributed by atoms with E-state index in [0.29, 0.717) is 21.1 Å². The number of hydrogen-bond donors (Lipinski definition) is 5. The van der Waals surface area contributed by atoms with Crippen LogP contribution in [0.5, 0.6) is 0 Å². The van der Waals surface area contributed by atoms with E-state index in [4.69, 9.17) is 27.9 Å². The molecule has 8 heterocycles. The number of alkyl halides is 1. The summed E-state index contributed by atoms with van der Waals surface area (Å²) in [6.07, 6.45) is 5.63. The number of pyridine rings is 2. The lowest BCUT2D eigenvalue weighted by Gasteiger charge is -2.13. The van der Waals surface area contributed by atoms with E-state index in [1.807, 2.05) is 17.5 Å². The maximum absolute atomic E-state index is 11.7. The predicted octanol–water partition coefficient (Wildman–Crippen LogP) is 7.53. The molecular formula is C36H37BrN8O2S4. The fourth-order valence-electron chi connectivity index (χ4n) is 6.73. The highest BCUT2D eigenvalue weighted by atomic mass is 79.9. The Morgan fingerprint density at radius 2 is 1.33 bits per heavy atom. The topological polar surface area (TPSA) is 179 Å². The van der Waals surface area contributed by atoms with Gasteiger partial charge in [0.15, 0.2) is 0 Å². The molecule has 0 aromatic carbocycles. The van der Waals surface area contributed by atoms with Crippen LogP contribution in [0.4, 0.5) is 11.4 Å². The van der Waals surface area contributed by atoms with Crippen molar-refractivity contribution in [1.82, 2.24) is 20.2 Å². The number of anilines is 2. The zero-order chi connectivity index (χ0) is 35.4. The molecule has 9 N–H and O–H groups in total. The summed E-state index contributed by atoms with van der Waals surface area (Å²) in [5.74, 6) is 0.932. The first-order valence-corrected chi connectivity index (χ1v) is 21.4. The third-order valence-corrected chi connectivity index (χ3v) is 14.5. The molecule has 15 heteroatoms. The lowest BCUT2D eigenvalue weighted by Crippen LogP contribution is -2.19. The molecule has 6 aromatic rings. The Hall–Kier alpha value is -3.44. The Kier molecular flexibility index (Phi) is 9.63. The van der Waals surface area contributed by atoms with E-state index in [0.717, 1.165) is 92.4 Å². The van der Waals surface area contributed by atoms with Crippen LogP contribution in [0.15, 0.2) is 35.0 Å². The third-order valence-electron chi connectivity index (χ3n) is 9.59. The number of hydrogen-bond acceptors (Lipinski definition) is 12. The molecule has 0 spiro atoms. The molecule has 0 bridgehead atoms. The van der Waals surface area contributed by atoms with E-state index in [2.05, 4.69) is 48.6 Å². The average molecular weight is 822 g/mol. The summed E-state index contributed by atoms with van der Waals surface area (Å²) < 4.78 is 0. The van der Waals surface area contributed by atoms with Gasteiger partial charge in [-0.25, -0.2) is 9.97 Å². The standard InChI is InChI=1S/C18H18N4OS2.C14H12N4OS2.C4H7Br/c19-15-14-13(12-2-1-5-24-12)10-7-22(6-9-3-4-9)8-11(10)21-18(14)25-16(15)17(20)23;15-11-10-9(8-2-1-3-20-8)6-4-17-5-7(6)18-14(10)21-12(11)13(16)19;5-3-4-1-2-4/h1-2,5,9H,3-4,6-8,19H2,(H2,20,23);1-3,17H,4-5,15H2,(H2,16,19);4H,1-3H2. The second-order valence-electron chi connectivity index (χ2n) is 13.4. The number of primary amides is 2. The lowest BCUT2D eigenvalue weighted by molar-refractivity contribution is 0.0996. The molecule has 2 fully saturated rings. The van der Waals surface area contributed by atoms with E-state index in [1.54, 1.807) is 22.7 Å². The number of nitrogen functional groups attached to an aromatic ring is 2. The Balaban J connectivity index is 0.000000130. The molecule has 0 atom stereocenters. The monoisotopic (exact) mass is 820 g/mol. The summed E-state index contributed by atoms with van der Waals surface area (Å²) in [7, 11) is 0. The minimum atomic E-state index is -0.495. The molecule has 51 heavy (non-hydrogen) atoms. The Morgan fingerprint density at radius 3 is 1.80 bits per heavy atom. The summed E-state index contributed by atoms with van der Waals surface area (Å²) in [6, 6.07) is 8.25. The Bertz CT molecular complexity index is 2270. The summed E-state index contributed by atoms with van der Waals surface area (Å²) in [5.41, 5.74) is 31.2. The minimum Gasteiger partial charge on any atom is -0.397 e. The second kappa shape index (κ2) is 14.2. The highest BCUT2D eigenvalue weighted by Gasteiger charge is 2.33. The van der Waals surface area contributed by atoms with Gasteiger partial charge in [-0.05, 0) is 71.5 Å². The number of nitrogens with two attached hydrogens (primary N) is 4. The highest BCUT2D eigenvalue weighted by Crippen LogP contribution is 2.47. The number of halogens is 1. The third kappa shape index (κ3) is 6.80. The van der Waals surface area contributed by atoms with Gasteiger partial charge in [0.1, 0.15) is 19.4 Å². The van der Waals surface area contributed by atoms with Crippen molar-refractivity contribution in [3.8, 4) is 20.9 Å². The number of thiophene rings is 4. The van der Waals surface area contributed by atoms with Crippen molar-refractivity contribution in [3.63, 3.8) is 0 Å². The zero-order valence-electron chi connectivity index (χ0n) is 27.7. The van der Waals surface area contributed by atoms with Crippen LogP contribution >= 0.6 is 61.3 Å². The highest BCUT2D eigenvalue weighted by molar-refractivity contribution is 9.09. The van der Waals surface area contributed by atoms with Gasteiger partial charge in [0.05, 0.1) is 22.8 Å². The normalized spacial score (nSPS) is 16.4. The maximum atomic E-state index is 11.7. The number of rotatable bonds is 7. The number of carbonyl (C=O) groups is 2. The van der Waals surface area contributed by atoms with Crippen molar-refractivity contribution >= 4 is 105 Å². The van der Waals surface area contributed by atoms with Crippen molar-refractivity contribution in [1.29, 1.82) is 0 Å². The molecule has 2 amide bonds. The van der Waals surface area contributed by atoms with Gasteiger partial charge >= 0.3 is 0 Å². The molecule has 0 radical (unpaired) electrons. The zero-order valence-corrected chi connectivity index (χ0v) is 32.5. The molecule has 2 aliphatic heterocycles. The number of amides is 2. The van der Waals surface area contributed by atoms with Gasteiger partial charge in [0, 0.05) is 69.7 Å². The Labute approximate surface area is 319 Å². The fraction of sp³-hybridized carbons (Fsp3) is 0.333. The SMILES string of the molecule is BrCC1CC1.NC(=O)c1sc2nc3c(c(-c4cccs4)c2c1N)CN(CC1CC1)C3.NC(=O)c1sc2nc3c(c(-c4cccs4)c2c1N)CNC3. The van der Waals surface area contributed by atoms with Crippen LogP contribution in [0.2, 0.25) is 0 Å². The van der Waals surface area contributed by atoms with E-state index in [1.165, 1.54) is 69.7 Å². The summed E-state index contributed by atoms with van der Waals surface area (Å²) in [5, 5.41) is 10.4. The average Bonchev–Trinajstić information content (AvgIpc) is 3.62. The van der Waals surface area contributed by atoms with Crippen molar-refractivity contribution in [2.45, 2.75) is 51.9 Å². The number of aromatic nitrogens is 2. The van der Waals surface area contributed by atoms with Crippen LogP contribution in [0.25, 0.3) is 41.3 Å². The van der Waals surface area contributed by atoms with Gasteiger partial charge < -0.3 is 28.3 Å².